The monoisotopic (exact) mass is 341 g/mol. The Hall–Kier alpha value is -2.24. The molecule has 0 spiro atoms. The van der Waals surface area contributed by atoms with E-state index in [1.807, 2.05) is 48.7 Å². The Morgan fingerprint density at radius 3 is 2.67 bits per heavy atom. The second-order valence-electron chi connectivity index (χ2n) is 5.81. The van der Waals surface area contributed by atoms with E-state index in [4.69, 9.17) is 4.42 Å². The molecule has 0 saturated carbocycles. The molecule has 0 aliphatic heterocycles. The molecule has 0 saturated heterocycles. The summed E-state index contributed by atoms with van der Waals surface area (Å²) in [5.41, 5.74) is 0.0282. The van der Waals surface area contributed by atoms with Crippen LogP contribution < -0.4 is 5.32 Å². The second-order valence-corrected chi connectivity index (χ2v) is 6.65. The molecule has 2 aromatic carbocycles. The van der Waals surface area contributed by atoms with Crippen LogP contribution in [0.3, 0.4) is 0 Å². The number of aliphatic hydroxyl groups is 1. The van der Waals surface area contributed by atoms with Crippen LogP contribution in [0.25, 0.3) is 11.0 Å². The summed E-state index contributed by atoms with van der Waals surface area (Å²) in [6.45, 7) is 1.69. The minimum atomic E-state index is -1.29. The van der Waals surface area contributed by atoms with Gasteiger partial charge in [-0.25, -0.2) is 0 Å². The number of carbonyl (C=O) groups is 1. The van der Waals surface area contributed by atoms with Gasteiger partial charge in [0.05, 0.1) is 12.1 Å². The van der Waals surface area contributed by atoms with Crippen LogP contribution in [0.15, 0.2) is 63.9 Å². The van der Waals surface area contributed by atoms with E-state index in [0.717, 1.165) is 10.3 Å². The van der Waals surface area contributed by atoms with Crippen molar-refractivity contribution in [1.82, 2.24) is 5.32 Å². The maximum absolute atomic E-state index is 12.4. The number of carbonyl (C=O) groups excluding carboxylic acids is 1. The molecule has 24 heavy (non-hydrogen) atoms. The summed E-state index contributed by atoms with van der Waals surface area (Å²) in [5.74, 6) is 0.221. The summed E-state index contributed by atoms with van der Waals surface area (Å²) in [7, 11) is 0. The van der Waals surface area contributed by atoms with Gasteiger partial charge in [0.25, 0.3) is 5.91 Å². The highest BCUT2D eigenvalue weighted by molar-refractivity contribution is 7.98. The first-order valence-corrected chi connectivity index (χ1v) is 8.86. The molecule has 1 aromatic heterocycles. The highest BCUT2D eigenvalue weighted by atomic mass is 32.2. The molecule has 0 aliphatic carbocycles. The van der Waals surface area contributed by atoms with E-state index in [0.29, 0.717) is 16.9 Å². The number of para-hydroxylation sites is 1. The molecule has 3 aromatic rings. The molecule has 2 N–H and O–H groups in total. The fourth-order valence-electron chi connectivity index (χ4n) is 2.51. The van der Waals surface area contributed by atoms with E-state index >= 15 is 0 Å². The van der Waals surface area contributed by atoms with Crippen LogP contribution in [0, 0.1) is 0 Å². The van der Waals surface area contributed by atoms with Crippen LogP contribution >= 0.6 is 11.8 Å². The van der Waals surface area contributed by atoms with Crippen molar-refractivity contribution in [2.45, 2.75) is 17.4 Å². The molecule has 0 fully saturated rings. The van der Waals surface area contributed by atoms with Crippen LogP contribution in [0.1, 0.15) is 23.0 Å². The van der Waals surface area contributed by atoms with Crippen molar-refractivity contribution in [2.24, 2.45) is 0 Å². The van der Waals surface area contributed by atoms with Gasteiger partial charge in [-0.1, -0.05) is 30.3 Å². The average Bonchev–Trinajstić information content (AvgIpc) is 3.05. The highest BCUT2D eigenvalue weighted by Gasteiger charge is 2.28. The molecule has 3 rings (SSSR count). The lowest BCUT2D eigenvalue weighted by molar-refractivity contribution is 0.0344. The fourth-order valence-corrected chi connectivity index (χ4v) is 3.11. The van der Waals surface area contributed by atoms with Gasteiger partial charge < -0.3 is 14.8 Å². The van der Waals surface area contributed by atoms with Crippen molar-refractivity contribution >= 4 is 28.6 Å². The maximum Gasteiger partial charge on any atom is 0.252 e. The number of rotatable bonds is 5. The summed E-state index contributed by atoms with van der Waals surface area (Å²) in [5, 5.41) is 14.4. The largest absolute Gasteiger partial charge is 0.458 e. The van der Waals surface area contributed by atoms with Gasteiger partial charge in [0.2, 0.25) is 0 Å². The Labute approximate surface area is 144 Å². The maximum atomic E-state index is 12.4. The van der Waals surface area contributed by atoms with Gasteiger partial charge >= 0.3 is 0 Å². The van der Waals surface area contributed by atoms with Gasteiger partial charge in [0.1, 0.15) is 16.9 Å². The third kappa shape index (κ3) is 3.32. The molecule has 0 radical (unpaired) electrons. The molecular formula is C19H19NO3S. The number of benzene rings is 2. The first-order chi connectivity index (χ1) is 11.5. The molecule has 4 nitrogen and oxygen atoms in total. The van der Waals surface area contributed by atoms with Gasteiger partial charge in [-0.15, -0.1) is 11.8 Å². The molecule has 1 heterocycles. The van der Waals surface area contributed by atoms with Crippen LogP contribution in [-0.4, -0.2) is 23.8 Å². The molecule has 1 atom stereocenters. The summed E-state index contributed by atoms with van der Waals surface area (Å²) >= 11 is 1.51. The smallest absolute Gasteiger partial charge is 0.252 e. The third-order valence-corrected chi connectivity index (χ3v) is 4.70. The molecule has 1 unspecified atom stereocenters. The lowest BCUT2D eigenvalue weighted by Crippen LogP contribution is -2.38. The van der Waals surface area contributed by atoms with Crippen molar-refractivity contribution in [3.63, 3.8) is 0 Å². The minimum Gasteiger partial charge on any atom is -0.458 e. The van der Waals surface area contributed by atoms with Gasteiger partial charge in [-0.3, -0.25) is 4.79 Å². The first-order valence-electron chi connectivity index (χ1n) is 7.64. The minimum absolute atomic E-state index is 0.0639. The van der Waals surface area contributed by atoms with E-state index in [1.54, 1.807) is 19.1 Å². The number of fused-ring (bicyclic) bond motifs is 1. The molecule has 1 amide bonds. The van der Waals surface area contributed by atoms with E-state index in [9.17, 15) is 9.90 Å². The standard InChI is InChI=1S/C19H19NO3S/c1-19(22,17-11-13-7-3-5-9-15(13)23-17)12-20-18(21)14-8-4-6-10-16(14)24-2/h3-11,22H,12H2,1-2H3,(H,20,21). The zero-order chi connectivity index (χ0) is 17.2. The lowest BCUT2D eigenvalue weighted by Gasteiger charge is -2.21. The number of thioether (sulfide) groups is 1. The highest BCUT2D eigenvalue weighted by Crippen LogP contribution is 2.27. The summed E-state index contributed by atoms with van der Waals surface area (Å²) < 4.78 is 5.71. The van der Waals surface area contributed by atoms with Crippen LogP contribution in [0.4, 0.5) is 0 Å². The van der Waals surface area contributed by atoms with Crippen molar-refractivity contribution in [3.05, 3.63) is 65.9 Å². The Kier molecular flexibility index (Phi) is 4.64. The second kappa shape index (κ2) is 6.71. The van der Waals surface area contributed by atoms with E-state index < -0.39 is 5.60 Å². The predicted octanol–water partition coefficient (Wildman–Crippen LogP) is 3.79. The summed E-state index contributed by atoms with van der Waals surface area (Å²) in [6.07, 6.45) is 1.93. The van der Waals surface area contributed by atoms with Crippen molar-refractivity contribution in [2.75, 3.05) is 12.8 Å². The third-order valence-electron chi connectivity index (χ3n) is 3.90. The molecule has 5 heteroatoms. The molecule has 0 bridgehead atoms. The lowest BCUT2D eigenvalue weighted by atomic mass is 10.0. The SMILES string of the molecule is CSc1ccccc1C(=O)NCC(C)(O)c1cc2ccccc2o1. The fraction of sp³-hybridized carbons (Fsp3) is 0.211. The summed E-state index contributed by atoms with van der Waals surface area (Å²) in [6, 6.07) is 16.8. The van der Waals surface area contributed by atoms with Gasteiger partial charge in [0.15, 0.2) is 0 Å². The molecule has 0 aliphatic rings. The van der Waals surface area contributed by atoms with Crippen LogP contribution in [0.5, 0.6) is 0 Å². The summed E-state index contributed by atoms with van der Waals surface area (Å²) in [4.78, 5) is 13.3. The normalized spacial score (nSPS) is 13.6. The van der Waals surface area contributed by atoms with Crippen molar-refractivity contribution in [3.8, 4) is 0 Å². The van der Waals surface area contributed by atoms with Gasteiger partial charge in [-0.2, -0.15) is 0 Å². The number of nitrogens with one attached hydrogen (secondary N) is 1. The Morgan fingerprint density at radius 2 is 1.92 bits per heavy atom. The molecular weight excluding hydrogens is 322 g/mol. The van der Waals surface area contributed by atoms with Crippen LogP contribution in [-0.2, 0) is 5.60 Å². The van der Waals surface area contributed by atoms with Crippen molar-refractivity contribution in [1.29, 1.82) is 0 Å². The Balaban J connectivity index is 1.76. The van der Waals surface area contributed by atoms with Gasteiger partial charge in [0, 0.05) is 10.3 Å². The zero-order valence-electron chi connectivity index (χ0n) is 13.6. The first kappa shape index (κ1) is 16.6. The zero-order valence-corrected chi connectivity index (χ0v) is 14.4. The number of furan rings is 1. The Morgan fingerprint density at radius 1 is 1.21 bits per heavy atom. The van der Waals surface area contributed by atoms with Crippen LogP contribution in [0.2, 0.25) is 0 Å². The van der Waals surface area contributed by atoms with E-state index in [1.165, 1.54) is 11.8 Å². The Bertz CT molecular complexity index is 837. The van der Waals surface area contributed by atoms with Crippen molar-refractivity contribution < 1.29 is 14.3 Å². The quantitative estimate of drug-likeness (QED) is 0.693. The number of hydrogen-bond acceptors (Lipinski definition) is 4. The number of hydrogen-bond donors (Lipinski definition) is 2. The number of amides is 1. The van der Waals surface area contributed by atoms with E-state index in [2.05, 4.69) is 5.32 Å². The van der Waals surface area contributed by atoms with E-state index in [-0.39, 0.29) is 12.5 Å². The predicted molar refractivity (Wildman–Crippen MR) is 96.3 cm³/mol. The topological polar surface area (TPSA) is 62.5 Å². The molecule has 124 valence electrons. The average molecular weight is 341 g/mol. The van der Waals surface area contributed by atoms with Gasteiger partial charge in [-0.05, 0) is 37.4 Å².